The van der Waals surface area contributed by atoms with Crippen LogP contribution in [0, 0.1) is 0 Å². The van der Waals surface area contributed by atoms with E-state index in [0.717, 1.165) is 5.56 Å². The van der Waals surface area contributed by atoms with Crippen molar-refractivity contribution in [2.45, 2.75) is 32.6 Å². The summed E-state index contributed by atoms with van der Waals surface area (Å²) >= 11 is 0. The second kappa shape index (κ2) is 8.77. The van der Waals surface area contributed by atoms with Crippen LogP contribution in [-0.4, -0.2) is 43.7 Å². The van der Waals surface area contributed by atoms with Crippen LogP contribution in [0.4, 0.5) is 0 Å². The van der Waals surface area contributed by atoms with Gasteiger partial charge in [-0.1, -0.05) is 20.8 Å². The molecule has 8 heteroatoms. The molecule has 28 heavy (non-hydrogen) atoms. The number of carbonyl (C=O) groups excluding carboxylic acids is 1. The summed E-state index contributed by atoms with van der Waals surface area (Å²) in [6.45, 7) is 6.20. The number of hydrogen-bond donors (Lipinski definition) is 2. The molecule has 1 amide bonds. The van der Waals surface area contributed by atoms with Crippen molar-refractivity contribution in [1.82, 2.24) is 15.3 Å². The van der Waals surface area contributed by atoms with Crippen LogP contribution in [-0.2, 0) is 11.8 Å². The van der Waals surface area contributed by atoms with Gasteiger partial charge in [0.05, 0.1) is 21.3 Å². The van der Waals surface area contributed by atoms with Gasteiger partial charge in [-0.2, -0.15) is 4.98 Å². The van der Waals surface area contributed by atoms with Crippen LogP contribution in [0.2, 0.25) is 0 Å². The lowest BCUT2D eigenvalue weighted by Gasteiger charge is -2.18. The maximum atomic E-state index is 12.4. The zero-order valence-corrected chi connectivity index (χ0v) is 17.1. The number of aromatic nitrogens is 2. The molecule has 0 saturated heterocycles. The molecule has 0 fully saturated rings. The predicted octanol–water partition coefficient (Wildman–Crippen LogP) is 2.07. The number of rotatable bonds is 7. The van der Waals surface area contributed by atoms with Crippen molar-refractivity contribution < 1.29 is 19.0 Å². The molecule has 0 unspecified atom stereocenters. The van der Waals surface area contributed by atoms with Crippen LogP contribution >= 0.6 is 0 Å². The average molecular weight is 389 g/mol. The Balaban J connectivity index is 2.11. The van der Waals surface area contributed by atoms with Crippen molar-refractivity contribution in [3.05, 3.63) is 45.6 Å². The topological polar surface area (TPSA) is 103 Å². The number of amides is 1. The molecule has 0 atom stereocenters. The van der Waals surface area contributed by atoms with Crippen molar-refractivity contribution in [1.29, 1.82) is 0 Å². The minimum absolute atomic E-state index is 0.0959. The molecule has 2 N–H and O–H groups in total. The number of ether oxygens (including phenoxy) is 3. The maximum Gasteiger partial charge on any atom is 0.345 e. The van der Waals surface area contributed by atoms with Gasteiger partial charge >= 0.3 is 5.69 Å². The quantitative estimate of drug-likeness (QED) is 0.752. The Bertz CT molecular complexity index is 874. The molecule has 0 saturated carbocycles. The van der Waals surface area contributed by atoms with Crippen LogP contribution in [0.5, 0.6) is 17.2 Å². The van der Waals surface area contributed by atoms with Gasteiger partial charge in [0.2, 0.25) is 5.75 Å². The monoisotopic (exact) mass is 389 g/mol. The largest absolute Gasteiger partial charge is 0.493 e. The molecule has 152 valence electrons. The molecule has 8 nitrogen and oxygen atoms in total. The van der Waals surface area contributed by atoms with E-state index >= 15 is 0 Å². The third-order valence-corrected chi connectivity index (χ3v) is 4.21. The van der Waals surface area contributed by atoms with Gasteiger partial charge in [-0.25, -0.2) is 4.79 Å². The predicted molar refractivity (Wildman–Crippen MR) is 106 cm³/mol. The van der Waals surface area contributed by atoms with Gasteiger partial charge in [0.15, 0.2) is 11.5 Å². The number of nitrogens with one attached hydrogen (secondary N) is 2. The van der Waals surface area contributed by atoms with Crippen LogP contribution in [0.15, 0.2) is 23.0 Å². The Morgan fingerprint density at radius 3 is 2.18 bits per heavy atom. The fourth-order valence-electron chi connectivity index (χ4n) is 2.67. The molecular weight excluding hydrogens is 362 g/mol. The molecule has 0 radical (unpaired) electrons. The number of methoxy groups -OCH3 is 3. The van der Waals surface area contributed by atoms with Crippen molar-refractivity contribution in [3.8, 4) is 17.2 Å². The van der Waals surface area contributed by atoms with E-state index < -0.39 is 11.6 Å². The Kier molecular flexibility index (Phi) is 6.66. The van der Waals surface area contributed by atoms with Crippen molar-refractivity contribution in [3.63, 3.8) is 0 Å². The molecule has 0 aliphatic heterocycles. The summed E-state index contributed by atoms with van der Waals surface area (Å²) in [7, 11) is 4.64. The first-order chi connectivity index (χ1) is 13.2. The van der Waals surface area contributed by atoms with Gasteiger partial charge in [0.25, 0.3) is 5.91 Å². The molecule has 2 rings (SSSR count). The van der Waals surface area contributed by atoms with Crippen LogP contribution < -0.4 is 25.2 Å². The summed E-state index contributed by atoms with van der Waals surface area (Å²) in [5, 5.41) is 2.79. The zero-order chi connectivity index (χ0) is 20.9. The van der Waals surface area contributed by atoms with Gasteiger partial charge in [-0.3, -0.25) is 4.79 Å². The van der Waals surface area contributed by atoms with Crippen molar-refractivity contribution in [2.75, 3.05) is 27.9 Å². The highest BCUT2D eigenvalue weighted by molar-refractivity contribution is 5.92. The third kappa shape index (κ3) is 5.03. The first-order valence-corrected chi connectivity index (χ1v) is 8.88. The Labute approximate surface area is 164 Å². The minimum atomic E-state index is -0.540. The number of hydrogen-bond acceptors (Lipinski definition) is 6. The molecule has 1 aromatic heterocycles. The third-order valence-electron chi connectivity index (χ3n) is 4.21. The molecule has 0 spiro atoms. The van der Waals surface area contributed by atoms with E-state index in [9.17, 15) is 9.59 Å². The maximum absolute atomic E-state index is 12.4. The lowest BCUT2D eigenvalue weighted by atomic mass is 9.91. The second-order valence-electron chi connectivity index (χ2n) is 7.27. The van der Waals surface area contributed by atoms with E-state index in [-0.39, 0.29) is 11.1 Å². The highest BCUT2D eigenvalue weighted by atomic mass is 16.5. The Morgan fingerprint density at radius 1 is 1.07 bits per heavy atom. The fraction of sp³-hybridized carbons (Fsp3) is 0.450. The lowest BCUT2D eigenvalue weighted by Crippen LogP contribution is -2.31. The number of H-pyrrole nitrogens is 1. The summed E-state index contributed by atoms with van der Waals surface area (Å²) in [6.07, 6.45) is 0.539. The number of carbonyl (C=O) groups is 1. The van der Waals surface area contributed by atoms with E-state index in [1.807, 2.05) is 32.9 Å². The van der Waals surface area contributed by atoms with Crippen LogP contribution in [0.25, 0.3) is 0 Å². The number of benzene rings is 1. The fourth-order valence-corrected chi connectivity index (χ4v) is 2.67. The van der Waals surface area contributed by atoms with E-state index in [1.54, 1.807) is 27.4 Å². The van der Waals surface area contributed by atoms with E-state index in [0.29, 0.717) is 35.9 Å². The zero-order valence-electron chi connectivity index (χ0n) is 17.1. The van der Waals surface area contributed by atoms with E-state index in [4.69, 9.17) is 14.2 Å². The molecule has 1 heterocycles. The molecule has 0 bridgehead atoms. The first kappa shape index (κ1) is 21.3. The van der Waals surface area contributed by atoms with Crippen molar-refractivity contribution >= 4 is 5.91 Å². The number of aromatic amines is 1. The average Bonchev–Trinajstić information content (AvgIpc) is 2.65. The van der Waals surface area contributed by atoms with Gasteiger partial charge in [0.1, 0.15) is 5.69 Å². The number of nitrogens with zero attached hydrogens (tertiary/aromatic N) is 1. The van der Waals surface area contributed by atoms with Crippen LogP contribution in [0.3, 0.4) is 0 Å². The molecule has 0 aliphatic carbocycles. The molecule has 1 aromatic carbocycles. The summed E-state index contributed by atoms with van der Waals surface area (Å²) in [5.74, 6) is 1.22. The summed E-state index contributed by atoms with van der Waals surface area (Å²) in [6, 6.07) is 5.27. The first-order valence-electron chi connectivity index (χ1n) is 8.88. The van der Waals surface area contributed by atoms with Crippen molar-refractivity contribution in [2.24, 2.45) is 0 Å². The van der Waals surface area contributed by atoms with Crippen LogP contribution in [0.1, 0.15) is 42.5 Å². The smallest absolute Gasteiger partial charge is 0.345 e. The normalized spacial score (nSPS) is 11.1. The Morgan fingerprint density at radius 2 is 1.68 bits per heavy atom. The minimum Gasteiger partial charge on any atom is -0.493 e. The Hall–Kier alpha value is -3.03. The van der Waals surface area contributed by atoms with E-state index in [2.05, 4.69) is 15.3 Å². The van der Waals surface area contributed by atoms with E-state index in [1.165, 1.54) is 0 Å². The standard InChI is InChI=1S/C20H27N3O5/c1-20(2,3)16-11-13(22-19(25)23-16)18(24)21-8-7-12-9-14(26-4)17(28-6)15(10-12)27-5/h9-11H,7-8H2,1-6H3,(H,21,24)(H,22,23,25). The van der Waals surface area contributed by atoms with Gasteiger partial charge in [-0.05, 0) is 30.2 Å². The van der Waals surface area contributed by atoms with Gasteiger partial charge < -0.3 is 24.5 Å². The van der Waals surface area contributed by atoms with Gasteiger partial charge in [0, 0.05) is 17.7 Å². The summed E-state index contributed by atoms with van der Waals surface area (Å²) in [5.41, 5.74) is 0.819. The second-order valence-corrected chi connectivity index (χ2v) is 7.27. The lowest BCUT2D eigenvalue weighted by molar-refractivity contribution is 0.0948. The summed E-state index contributed by atoms with van der Waals surface area (Å²) < 4.78 is 16.0. The molecule has 0 aliphatic rings. The summed E-state index contributed by atoms with van der Waals surface area (Å²) in [4.78, 5) is 30.6. The highest BCUT2D eigenvalue weighted by Gasteiger charge is 2.19. The molecule has 2 aromatic rings. The SMILES string of the molecule is COc1cc(CCNC(=O)c2cc(C(C)(C)C)[nH]c(=O)n2)cc(OC)c1OC. The van der Waals surface area contributed by atoms with Gasteiger partial charge in [-0.15, -0.1) is 0 Å². The highest BCUT2D eigenvalue weighted by Crippen LogP contribution is 2.38. The molecular formula is C20H27N3O5.